The van der Waals surface area contributed by atoms with Gasteiger partial charge in [0.25, 0.3) is 5.76 Å². The van der Waals surface area contributed by atoms with Gasteiger partial charge in [-0.05, 0) is 61.1 Å². The first-order chi connectivity index (χ1) is 15.7. The lowest BCUT2D eigenvalue weighted by molar-refractivity contribution is -0.154. The van der Waals surface area contributed by atoms with Crippen LogP contribution in [0.2, 0.25) is 0 Å². The second kappa shape index (κ2) is 10.5. The molecular formula is C25H25F3IO5-. The summed E-state index contributed by atoms with van der Waals surface area (Å²) in [7, 11) is 1.46. The van der Waals surface area contributed by atoms with Gasteiger partial charge < -0.3 is 43.0 Å². The molecular weight excluding hydrogens is 564 g/mol. The van der Waals surface area contributed by atoms with E-state index in [1.807, 2.05) is 0 Å². The number of aromatic hydroxyl groups is 1. The Morgan fingerprint density at radius 2 is 1.71 bits per heavy atom. The third-order valence-corrected chi connectivity index (χ3v) is 6.39. The van der Waals surface area contributed by atoms with E-state index in [-0.39, 0.29) is 57.9 Å². The van der Waals surface area contributed by atoms with Crippen molar-refractivity contribution in [2.45, 2.75) is 45.2 Å². The fourth-order valence-corrected chi connectivity index (χ4v) is 4.48. The molecule has 9 heteroatoms. The second-order valence-electron chi connectivity index (χ2n) is 8.53. The van der Waals surface area contributed by atoms with Gasteiger partial charge >= 0.3 is 6.18 Å². The molecule has 1 fully saturated rings. The minimum absolute atomic E-state index is 0. The number of ether oxygens (including phenoxy) is 2. The molecule has 0 bridgehead atoms. The molecule has 1 saturated carbocycles. The minimum Gasteiger partial charge on any atom is -1.00 e. The monoisotopic (exact) mass is 589 g/mol. The summed E-state index contributed by atoms with van der Waals surface area (Å²) >= 11 is 0. The molecule has 1 aliphatic rings. The summed E-state index contributed by atoms with van der Waals surface area (Å²) in [6.07, 6.45) is -0.574. The van der Waals surface area contributed by atoms with Gasteiger partial charge in [0, 0.05) is 5.56 Å². The van der Waals surface area contributed by atoms with Gasteiger partial charge in [0.1, 0.15) is 22.8 Å². The Bertz CT molecular complexity index is 1200. The Labute approximate surface area is 211 Å². The summed E-state index contributed by atoms with van der Waals surface area (Å²) in [5.74, 6) is -1.59. The Balaban J connectivity index is 0.00000324. The molecule has 5 nitrogen and oxygen atoms in total. The molecule has 0 amide bonds. The molecule has 1 heterocycles. The predicted octanol–water partition coefficient (Wildman–Crippen LogP) is 3.69. The first kappa shape index (κ1) is 26.2. The number of phenols is 1. The number of rotatable bonds is 5. The Hall–Kier alpha value is -2.43. The van der Waals surface area contributed by atoms with E-state index in [1.54, 1.807) is 0 Å². The van der Waals surface area contributed by atoms with Crippen molar-refractivity contribution in [2.24, 2.45) is 11.8 Å². The zero-order valence-corrected chi connectivity index (χ0v) is 20.9. The van der Waals surface area contributed by atoms with Crippen LogP contribution in [0.15, 0.2) is 45.6 Å². The van der Waals surface area contributed by atoms with Crippen LogP contribution >= 0.6 is 0 Å². The Morgan fingerprint density at radius 3 is 2.32 bits per heavy atom. The van der Waals surface area contributed by atoms with E-state index in [2.05, 4.69) is 6.92 Å². The summed E-state index contributed by atoms with van der Waals surface area (Å²) in [5, 5.41) is 10.4. The molecule has 4 rings (SSSR count). The van der Waals surface area contributed by atoms with Crippen LogP contribution < -0.4 is 38.9 Å². The minimum atomic E-state index is -4.98. The van der Waals surface area contributed by atoms with Crippen molar-refractivity contribution in [3.8, 4) is 23.0 Å². The SMILES string of the molecule is COc1ccc(Oc2c(C(F)(F)F)oc3c(CC4CCCCC4C)c(O)ccc3c2=O)cc1.[I-]. The fourth-order valence-electron chi connectivity index (χ4n) is 4.48. The number of hydrogen-bond donors (Lipinski definition) is 1. The van der Waals surface area contributed by atoms with E-state index >= 15 is 0 Å². The van der Waals surface area contributed by atoms with Gasteiger partial charge in [-0.2, -0.15) is 13.2 Å². The van der Waals surface area contributed by atoms with Crippen molar-refractivity contribution in [3.05, 3.63) is 57.9 Å². The average Bonchev–Trinajstić information content (AvgIpc) is 2.78. The number of hydrogen-bond acceptors (Lipinski definition) is 5. The summed E-state index contributed by atoms with van der Waals surface area (Å²) in [6.45, 7) is 2.10. The third-order valence-electron chi connectivity index (χ3n) is 6.39. The number of phenolic OH excluding ortho intramolecular Hbond substituents is 1. The highest BCUT2D eigenvalue weighted by Gasteiger charge is 2.41. The second-order valence-corrected chi connectivity index (χ2v) is 8.53. The first-order valence-electron chi connectivity index (χ1n) is 10.9. The molecule has 34 heavy (non-hydrogen) atoms. The zero-order chi connectivity index (χ0) is 23.8. The smallest absolute Gasteiger partial charge is 0.453 e. The molecule has 184 valence electrons. The molecule has 1 N–H and O–H groups in total. The fraction of sp³-hybridized carbons (Fsp3) is 0.400. The normalized spacial score (nSPS) is 18.4. The maximum atomic E-state index is 13.9. The molecule has 2 atom stereocenters. The maximum Gasteiger partial charge on any atom is 0.453 e. The maximum absolute atomic E-state index is 13.9. The Morgan fingerprint density at radius 1 is 1.06 bits per heavy atom. The summed E-state index contributed by atoms with van der Waals surface area (Å²) in [6, 6.07) is 8.40. The average molecular weight is 589 g/mol. The van der Waals surface area contributed by atoms with E-state index in [0.717, 1.165) is 25.7 Å². The highest BCUT2D eigenvalue weighted by atomic mass is 127. The van der Waals surface area contributed by atoms with Gasteiger partial charge in [0.2, 0.25) is 11.2 Å². The van der Waals surface area contributed by atoms with E-state index in [9.17, 15) is 23.1 Å². The summed E-state index contributed by atoms with van der Waals surface area (Å²) in [4.78, 5) is 13.2. The highest BCUT2D eigenvalue weighted by Crippen LogP contribution is 2.41. The lowest BCUT2D eigenvalue weighted by atomic mass is 9.77. The van der Waals surface area contributed by atoms with Crippen molar-refractivity contribution in [1.29, 1.82) is 0 Å². The van der Waals surface area contributed by atoms with Crippen LogP contribution in [0.3, 0.4) is 0 Å². The number of halogens is 4. The summed E-state index contributed by atoms with van der Waals surface area (Å²) < 4.78 is 57.5. The van der Waals surface area contributed by atoms with Crippen molar-refractivity contribution < 1.29 is 56.1 Å². The lowest BCUT2D eigenvalue weighted by Gasteiger charge is -2.29. The molecule has 3 aromatic rings. The Kier molecular flexibility index (Phi) is 8.05. The molecule has 2 unspecified atom stereocenters. The number of methoxy groups -OCH3 is 1. The van der Waals surface area contributed by atoms with Gasteiger partial charge in [-0.25, -0.2) is 0 Å². The predicted molar refractivity (Wildman–Crippen MR) is 117 cm³/mol. The van der Waals surface area contributed by atoms with Crippen LogP contribution in [-0.4, -0.2) is 12.2 Å². The standard InChI is InChI=1S/C25H25F3O5.HI/c1-14-5-3-4-6-15(14)13-19-20(29)12-11-18-21(30)23(24(25(26,27)28)33-22(18)19)32-17-9-7-16(31-2)8-10-17;/h7-12,14-15,29H,3-6,13H2,1-2H3;1H/p-1. The van der Waals surface area contributed by atoms with Crippen LogP contribution in [0.1, 0.15) is 43.9 Å². The quantitative estimate of drug-likeness (QED) is 0.461. The zero-order valence-electron chi connectivity index (χ0n) is 18.7. The van der Waals surface area contributed by atoms with Crippen molar-refractivity contribution >= 4 is 11.0 Å². The molecule has 0 aliphatic heterocycles. The van der Waals surface area contributed by atoms with E-state index < -0.39 is 23.1 Å². The van der Waals surface area contributed by atoms with Gasteiger partial charge in [0.15, 0.2) is 0 Å². The molecule has 0 saturated heterocycles. The number of benzene rings is 2. The van der Waals surface area contributed by atoms with Crippen molar-refractivity contribution in [2.75, 3.05) is 7.11 Å². The number of alkyl halides is 3. The van der Waals surface area contributed by atoms with E-state index in [0.29, 0.717) is 18.1 Å². The van der Waals surface area contributed by atoms with Gasteiger partial charge in [-0.15, -0.1) is 0 Å². The topological polar surface area (TPSA) is 68.9 Å². The van der Waals surface area contributed by atoms with E-state index in [1.165, 1.54) is 43.5 Å². The van der Waals surface area contributed by atoms with Gasteiger partial charge in [-0.3, -0.25) is 4.79 Å². The van der Waals surface area contributed by atoms with Crippen LogP contribution in [0.25, 0.3) is 11.0 Å². The molecule has 0 spiro atoms. The molecule has 1 aliphatic carbocycles. The molecule has 1 aromatic heterocycles. The van der Waals surface area contributed by atoms with Crippen molar-refractivity contribution in [3.63, 3.8) is 0 Å². The lowest BCUT2D eigenvalue weighted by Crippen LogP contribution is -3.00. The van der Waals surface area contributed by atoms with Crippen LogP contribution in [0, 0.1) is 11.8 Å². The number of fused-ring (bicyclic) bond motifs is 1. The first-order valence-corrected chi connectivity index (χ1v) is 10.9. The largest absolute Gasteiger partial charge is 1.00 e. The van der Waals surface area contributed by atoms with Crippen LogP contribution in [0.5, 0.6) is 23.0 Å². The molecule has 2 aromatic carbocycles. The highest BCUT2D eigenvalue weighted by molar-refractivity contribution is 5.83. The van der Waals surface area contributed by atoms with Gasteiger partial charge in [-0.1, -0.05) is 26.2 Å². The van der Waals surface area contributed by atoms with Crippen LogP contribution in [0.4, 0.5) is 13.2 Å². The van der Waals surface area contributed by atoms with Gasteiger partial charge in [0.05, 0.1) is 12.5 Å². The van der Waals surface area contributed by atoms with Crippen LogP contribution in [-0.2, 0) is 12.6 Å². The summed E-state index contributed by atoms with van der Waals surface area (Å²) in [5.41, 5.74) is -0.964. The molecule has 0 radical (unpaired) electrons. The van der Waals surface area contributed by atoms with Crippen molar-refractivity contribution in [1.82, 2.24) is 0 Å². The third kappa shape index (κ3) is 5.29. The van der Waals surface area contributed by atoms with E-state index in [4.69, 9.17) is 13.9 Å².